The van der Waals surface area contributed by atoms with Crippen LogP contribution in [0.15, 0.2) is 69.4 Å². The second-order valence-corrected chi connectivity index (χ2v) is 7.20. The Hall–Kier alpha value is -3.45. The molecule has 1 amide bonds. The molecule has 0 aliphatic heterocycles. The summed E-state index contributed by atoms with van der Waals surface area (Å²) in [5.74, 6) is 0.260. The summed E-state index contributed by atoms with van der Waals surface area (Å²) in [7, 11) is 0. The third kappa shape index (κ3) is 4.05. The van der Waals surface area contributed by atoms with Crippen molar-refractivity contribution in [3.8, 4) is 17.0 Å². The number of carbonyl (C=O) groups excluding carboxylic acids is 1. The van der Waals surface area contributed by atoms with Gasteiger partial charge in [-0.15, -0.1) is 11.3 Å². The number of amides is 1. The summed E-state index contributed by atoms with van der Waals surface area (Å²) in [6, 6.07) is 14.4. The molecule has 2 heterocycles. The second-order valence-electron chi connectivity index (χ2n) is 6.34. The van der Waals surface area contributed by atoms with Crippen molar-refractivity contribution in [2.75, 3.05) is 11.9 Å². The number of benzene rings is 2. The Morgan fingerprint density at radius 2 is 1.97 bits per heavy atom. The van der Waals surface area contributed by atoms with E-state index < -0.39 is 5.91 Å². The Bertz CT molecular complexity index is 1210. The van der Waals surface area contributed by atoms with Gasteiger partial charge in [0.2, 0.25) is 5.43 Å². The predicted molar refractivity (Wildman–Crippen MR) is 114 cm³/mol. The fourth-order valence-electron chi connectivity index (χ4n) is 2.80. The van der Waals surface area contributed by atoms with Gasteiger partial charge in [0.25, 0.3) is 5.91 Å². The van der Waals surface area contributed by atoms with E-state index in [1.165, 1.54) is 17.6 Å². The highest BCUT2D eigenvalue weighted by Gasteiger charge is 2.16. The topological polar surface area (TPSA) is 81.4 Å². The zero-order valence-corrected chi connectivity index (χ0v) is 16.5. The summed E-state index contributed by atoms with van der Waals surface area (Å²) < 4.78 is 11.0. The van der Waals surface area contributed by atoms with Crippen LogP contribution in [0, 0.1) is 0 Å². The Kier molecular flexibility index (Phi) is 5.39. The molecular weight excluding hydrogens is 388 g/mol. The molecule has 29 heavy (non-hydrogen) atoms. The van der Waals surface area contributed by atoms with E-state index in [0.29, 0.717) is 22.7 Å². The molecule has 2 aromatic heterocycles. The molecule has 0 radical (unpaired) electrons. The van der Waals surface area contributed by atoms with E-state index in [1.54, 1.807) is 24.3 Å². The maximum atomic E-state index is 12.5. The van der Waals surface area contributed by atoms with E-state index in [-0.39, 0.29) is 11.0 Å². The second kappa shape index (κ2) is 8.28. The molecule has 0 atom stereocenters. The quantitative estimate of drug-likeness (QED) is 0.490. The molecule has 0 saturated heterocycles. The Morgan fingerprint density at radius 3 is 2.76 bits per heavy atom. The number of aromatic nitrogens is 1. The molecule has 0 unspecified atom stereocenters. The third-order valence-corrected chi connectivity index (χ3v) is 5.03. The maximum absolute atomic E-state index is 12.5. The van der Waals surface area contributed by atoms with Crippen LogP contribution in [0.1, 0.15) is 23.7 Å². The number of para-hydroxylation sites is 1. The van der Waals surface area contributed by atoms with Gasteiger partial charge in [-0.3, -0.25) is 14.9 Å². The fraction of sp³-hybridized carbons (Fsp3) is 0.136. The summed E-state index contributed by atoms with van der Waals surface area (Å²) in [5, 5.41) is 5.30. The Morgan fingerprint density at radius 1 is 1.17 bits per heavy atom. The molecule has 0 saturated carbocycles. The summed E-state index contributed by atoms with van der Waals surface area (Å²) in [6.45, 7) is 2.73. The maximum Gasteiger partial charge on any atom is 0.264 e. The van der Waals surface area contributed by atoms with Crippen molar-refractivity contribution in [2.24, 2.45) is 0 Å². The van der Waals surface area contributed by atoms with Gasteiger partial charge in [-0.05, 0) is 42.8 Å². The number of nitrogens with zero attached hydrogens (tertiary/aromatic N) is 1. The standard InChI is InChI=1S/C22H18N2O4S/c1-2-11-27-15-9-7-14(8-10-15)18-13-29-22(23-18)24-21(26)17-12-28-19-6-4-3-5-16(19)20(17)25/h3-10,12-13H,2,11H2,1H3,(H,23,24,26). The minimum atomic E-state index is -0.547. The number of rotatable bonds is 6. The lowest BCUT2D eigenvalue weighted by molar-refractivity contribution is 0.102. The molecule has 4 rings (SSSR count). The Labute approximate surface area is 170 Å². The third-order valence-electron chi connectivity index (χ3n) is 4.27. The van der Waals surface area contributed by atoms with Crippen LogP contribution in [-0.4, -0.2) is 17.5 Å². The number of hydrogen-bond acceptors (Lipinski definition) is 6. The average molecular weight is 406 g/mol. The Balaban J connectivity index is 1.51. The summed E-state index contributed by atoms with van der Waals surface area (Å²) >= 11 is 1.29. The van der Waals surface area contributed by atoms with Crippen molar-refractivity contribution in [1.82, 2.24) is 4.98 Å². The van der Waals surface area contributed by atoms with Crippen molar-refractivity contribution in [3.05, 3.63) is 76.0 Å². The van der Waals surface area contributed by atoms with Crippen LogP contribution in [0.2, 0.25) is 0 Å². The summed E-state index contributed by atoms with van der Waals surface area (Å²) in [5.41, 5.74) is 1.66. The van der Waals surface area contributed by atoms with E-state index in [0.717, 1.165) is 23.4 Å². The van der Waals surface area contributed by atoms with E-state index in [4.69, 9.17) is 9.15 Å². The van der Waals surface area contributed by atoms with Crippen molar-refractivity contribution in [3.63, 3.8) is 0 Å². The highest BCUT2D eigenvalue weighted by Crippen LogP contribution is 2.27. The molecule has 6 nitrogen and oxygen atoms in total. The van der Waals surface area contributed by atoms with Gasteiger partial charge in [-0.25, -0.2) is 4.98 Å². The number of carbonyl (C=O) groups is 1. The van der Waals surface area contributed by atoms with Gasteiger partial charge in [0.1, 0.15) is 23.2 Å². The molecule has 0 aliphatic carbocycles. The monoisotopic (exact) mass is 406 g/mol. The van der Waals surface area contributed by atoms with Gasteiger partial charge >= 0.3 is 0 Å². The number of thiazole rings is 1. The predicted octanol–water partition coefficient (Wildman–Crippen LogP) is 4.96. The zero-order valence-electron chi connectivity index (χ0n) is 15.7. The molecule has 0 bridgehead atoms. The highest BCUT2D eigenvalue weighted by atomic mass is 32.1. The lowest BCUT2D eigenvalue weighted by Crippen LogP contribution is -2.21. The number of anilines is 1. The normalized spacial score (nSPS) is 10.8. The number of fused-ring (bicyclic) bond motifs is 1. The number of ether oxygens (including phenoxy) is 1. The molecular formula is C22H18N2O4S. The van der Waals surface area contributed by atoms with Crippen LogP contribution in [0.5, 0.6) is 5.75 Å². The van der Waals surface area contributed by atoms with Gasteiger partial charge in [-0.2, -0.15) is 0 Å². The lowest BCUT2D eigenvalue weighted by atomic mass is 10.1. The van der Waals surface area contributed by atoms with E-state index in [2.05, 4.69) is 17.2 Å². The van der Waals surface area contributed by atoms with Gasteiger partial charge in [0.05, 0.1) is 17.7 Å². The molecule has 0 spiro atoms. The van der Waals surface area contributed by atoms with Crippen molar-refractivity contribution < 1.29 is 13.9 Å². The van der Waals surface area contributed by atoms with Crippen molar-refractivity contribution in [2.45, 2.75) is 13.3 Å². The van der Waals surface area contributed by atoms with Crippen molar-refractivity contribution >= 4 is 33.3 Å². The first-order valence-corrected chi connectivity index (χ1v) is 10.0. The van der Waals surface area contributed by atoms with Gasteiger partial charge in [0, 0.05) is 10.9 Å². The molecule has 7 heteroatoms. The number of hydrogen-bond donors (Lipinski definition) is 1. The minimum Gasteiger partial charge on any atom is -0.494 e. The first-order chi connectivity index (χ1) is 14.2. The van der Waals surface area contributed by atoms with Crippen LogP contribution >= 0.6 is 11.3 Å². The molecule has 4 aromatic rings. The smallest absolute Gasteiger partial charge is 0.264 e. The van der Waals surface area contributed by atoms with Crippen LogP contribution < -0.4 is 15.5 Å². The minimum absolute atomic E-state index is 0.0575. The van der Waals surface area contributed by atoms with Crippen LogP contribution in [-0.2, 0) is 0 Å². The van der Waals surface area contributed by atoms with Crippen LogP contribution in [0.4, 0.5) is 5.13 Å². The lowest BCUT2D eigenvalue weighted by Gasteiger charge is -2.04. The molecule has 0 fully saturated rings. The van der Waals surface area contributed by atoms with E-state index >= 15 is 0 Å². The molecule has 1 N–H and O–H groups in total. The van der Waals surface area contributed by atoms with Gasteiger partial charge < -0.3 is 9.15 Å². The fourth-order valence-corrected chi connectivity index (χ4v) is 3.52. The summed E-state index contributed by atoms with van der Waals surface area (Å²) in [4.78, 5) is 29.5. The van der Waals surface area contributed by atoms with Crippen LogP contribution in [0.25, 0.3) is 22.2 Å². The van der Waals surface area contributed by atoms with Crippen molar-refractivity contribution in [1.29, 1.82) is 0 Å². The largest absolute Gasteiger partial charge is 0.494 e. The molecule has 0 aliphatic rings. The SMILES string of the molecule is CCCOc1ccc(-c2csc(NC(=O)c3coc4ccccc4c3=O)n2)cc1. The van der Waals surface area contributed by atoms with E-state index in [9.17, 15) is 9.59 Å². The summed E-state index contributed by atoms with van der Waals surface area (Å²) in [6.07, 6.45) is 2.13. The van der Waals surface area contributed by atoms with Crippen LogP contribution in [0.3, 0.4) is 0 Å². The molecule has 2 aromatic carbocycles. The van der Waals surface area contributed by atoms with Gasteiger partial charge in [0.15, 0.2) is 5.13 Å². The van der Waals surface area contributed by atoms with E-state index in [1.807, 2.05) is 29.6 Å². The molecule has 146 valence electrons. The number of nitrogens with one attached hydrogen (secondary N) is 1. The first-order valence-electron chi connectivity index (χ1n) is 9.16. The average Bonchev–Trinajstić information content (AvgIpc) is 3.21. The highest BCUT2D eigenvalue weighted by molar-refractivity contribution is 7.14. The first kappa shape index (κ1) is 18.9. The zero-order chi connectivity index (χ0) is 20.2. The van der Waals surface area contributed by atoms with Gasteiger partial charge in [-0.1, -0.05) is 19.1 Å².